The van der Waals surface area contributed by atoms with E-state index in [0.717, 1.165) is 41.3 Å². The number of hydrogen-bond acceptors (Lipinski definition) is 6. The average Bonchev–Trinajstić information content (AvgIpc) is 3.20. The van der Waals surface area contributed by atoms with Crippen molar-refractivity contribution in [3.63, 3.8) is 0 Å². The van der Waals surface area contributed by atoms with Gasteiger partial charge in [0.1, 0.15) is 11.5 Å². The Balaban J connectivity index is 1.47. The maximum atomic E-state index is 13.2. The van der Waals surface area contributed by atoms with E-state index < -0.39 is 0 Å². The van der Waals surface area contributed by atoms with Crippen molar-refractivity contribution in [2.75, 3.05) is 6.79 Å². The monoisotopic (exact) mass is 375 g/mol. The van der Waals surface area contributed by atoms with Gasteiger partial charge in [0.2, 0.25) is 6.79 Å². The van der Waals surface area contributed by atoms with E-state index in [4.69, 9.17) is 14.6 Å². The van der Waals surface area contributed by atoms with Crippen LogP contribution in [0.25, 0.3) is 17.0 Å². The molecule has 1 aliphatic carbocycles. The van der Waals surface area contributed by atoms with Gasteiger partial charge in [0.25, 0.3) is 5.78 Å². The fourth-order valence-corrected chi connectivity index (χ4v) is 3.71. The summed E-state index contributed by atoms with van der Waals surface area (Å²) < 4.78 is 25.9. The number of hydrogen-bond donors (Lipinski definition) is 0. The zero-order chi connectivity index (χ0) is 18.7. The van der Waals surface area contributed by atoms with Gasteiger partial charge < -0.3 is 9.47 Å². The van der Waals surface area contributed by atoms with Crippen molar-refractivity contribution in [1.82, 2.24) is 24.8 Å². The zero-order valence-corrected chi connectivity index (χ0v) is 14.7. The molecule has 1 aliphatic heterocycles. The second kappa shape index (κ2) is 5.48. The number of ether oxygens (including phenoxy) is 2. The molecule has 2 aliphatic rings. The molecule has 8 heteroatoms. The number of rotatable bonds is 3. The van der Waals surface area contributed by atoms with Crippen molar-refractivity contribution in [1.29, 1.82) is 0 Å². The number of fused-ring (bicyclic) bond motifs is 2. The molecule has 2 aromatic carbocycles. The smallest absolute Gasteiger partial charge is 0.271 e. The van der Waals surface area contributed by atoms with Gasteiger partial charge in [-0.2, -0.15) is 9.61 Å². The van der Waals surface area contributed by atoms with E-state index in [-0.39, 0.29) is 18.0 Å². The molecule has 0 atom stereocenters. The zero-order valence-electron chi connectivity index (χ0n) is 14.7. The predicted molar refractivity (Wildman–Crippen MR) is 96.6 cm³/mol. The van der Waals surface area contributed by atoms with Gasteiger partial charge in [-0.05, 0) is 54.8 Å². The summed E-state index contributed by atoms with van der Waals surface area (Å²) >= 11 is 0. The lowest BCUT2D eigenvalue weighted by Crippen LogP contribution is -2.15. The number of benzene rings is 2. The minimum atomic E-state index is -0.289. The van der Waals surface area contributed by atoms with Gasteiger partial charge in [0.15, 0.2) is 17.3 Å². The second-order valence-electron chi connectivity index (χ2n) is 7.04. The Kier molecular flexibility index (Phi) is 3.03. The molecule has 0 radical (unpaired) electrons. The lowest BCUT2D eigenvalue weighted by molar-refractivity contribution is 0.174. The summed E-state index contributed by atoms with van der Waals surface area (Å²) in [6.45, 7) is 0.242. The van der Waals surface area contributed by atoms with Crippen LogP contribution >= 0.6 is 0 Å². The molecule has 0 spiro atoms. The fourth-order valence-electron chi connectivity index (χ4n) is 3.71. The van der Waals surface area contributed by atoms with Crippen LogP contribution < -0.4 is 9.47 Å². The van der Waals surface area contributed by atoms with E-state index in [2.05, 4.69) is 15.2 Å². The standard InChI is InChI=1S/C20H14FN5O2/c21-14-4-1-12(2-5-14)15-10-22-19-24-23-18(26(19)25-15)20(7-8-20)13-3-6-16-17(9-13)28-11-27-16/h1-6,9-10H,7-8,11H2. The van der Waals surface area contributed by atoms with Crippen molar-refractivity contribution >= 4 is 5.78 Å². The van der Waals surface area contributed by atoms with Crippen molar-refractivity contribution in [3.8, 4) is 22.8 Å². The normalized spacial score (nSPS) is 16.5. The Morgan fingerprint density at radius 2 is 1.79 bits per heavy atom. The molecule has 0 saturated heterocycles. The molecule has 0 bridgehead atoms. The molecule has 1 fully saturated rings. The molecule has 138 valence electrons. The first-order chi connectivity index (χ1) is 13.7. The number of nitrogens with zero attached hydrogens (tertiary/aromatic N) is 5. The topological polar surface area (TPSA) is 74.4 Å². The summed E-state index contributed by atoms with van der Waals surface area (Å²) in [6.07, 6.45) is 3.51. The van der Waals surface area contributed by atoms with E-state index >= 15 is 0 Å². The molecule has 0 N–H and O–H groups in total. The third-order valence-electron chi connectivity index (χ3n) is 5.38. The van der Waals surface area contributed by atoms with Gasteiger partial charge in [-0.1, -0.05) is 6.07 Å². The van der Waals surface area contributed by atoms with Crippen LogP contribution in [-0.2, 0) is 5.41 Å². The van der Waals surface area contributed by atoms with Crippen molar-refractivity contribution in [2.24, 2.45) is 0 Å². The van der Waals surface area contributed by atoms with E-state index in [9.17, 15) is 4.39 Å². The fraction of sp³-hybridized carbons (Fsp3) is 0.200. The largest absolute Gasteiger partial charge is 0.454 e. The minimum absolute atomic E-state index is 0.242. The summed E-state index contributed by atoms with van der Waals surface area (Å²) in [5.74, 6) is 2.40. The molecule has 3 heterocycles. The Hall–Kier alpha value is -3.55. The van der Waals surface area contributed by atoms with Crippen molar-refractivity contribution < 1.29 is 13.9 Å². The molecule has 7 nitrogen and oxygen atoms in total. The highest BCUT2D eigenvalue weighted by Crippen LogP contribution is 2.54. The van der Waals surface area contributed by atoms with E-state index in [0.29, 0.717) is 11.5 Å². The average molecular weight is 375 g/mol. The van der Waals surface area contributed by atoms with Crippen LogP contribution in [0.1, 0.15) is 24.2 Å². The molecule has 4 aromatic rings. The van der Waals surface area contributed by atoms with Gasteiger partial charge in [-0.3, -0.25) is 0 Å². The van der Waals surface area contributed by atoms with Gasteiger partial charge in [0, 0.05) is 5.56 Å². The molecule has 0 amide bonds. The SMILES string of the molecule is Fc1ccc(-c2cnc3nnc(C4(c5ccc6c(c5)OCO6)CC4)n3n2)cc1. The molecule has 2 aromatic heterocycles. The van der Waals surface area contributed by atoms with Crippen molar-refractivity contribution in [3.05, 3.63) is 65.9 Å². The van der Waals surface area contributed by atoms with Crippen LogP contribution in [0.5, 0.6) is 11.5 Å². The summed E-state index contributed by atoms with van der Waals surface area (Å²) in [5.41, 5.74) is 2.25. The second-order valence-corrected chi connectivity index (χ2v) is 7.04. The summed E-state index contributed by atoms with van der Waals surface area (Å²) in [5, 5.41) is 13.3. The molecule has 1 saturated carbocycles. The first kappa shape index (κ1) is 15.5. The van der Waals surface area contributed by atoms with E-state index in [1.807, 2.05) is 18.2 Å². The first-order valence-corrected chi connectivity index (χ1v) is 8.98. The molecule has 28 heavy (non-hydrogen) atoms. The van der Waals surface area contributed by atoms with Crippen LogP contribution in [0.2, 0.25) is 0 Å². The molecule has 6 rings (SSSR count). The third-order valence-corrected chi connectivity index (χ3v) is 5.38. The van der Waals surface area contributed by atoms with Crippen molar-refractivity contribution in [2.45, 2.75) is 18.3 Å². The highest BCUT2D eigenvalue weighted by molar-refractivity contribution is 5.58. The maximum absolute atomic E-state index is 13.2. The lowest BCUT2D eigenvalue weighted by Gasteiger charge is -2.14. The summed E-state index contributed by atoms with van der Waals surface area (Å²) in [4.78, 5) is 4.38. The van der Waals surface area contributed by atoms with Gasteiger partial charge in [0.05, 0.1) is 11.6 Å². The number of aromatic nitrogens is 5. The van der Waals surface area contributed by atoms with Crippen LogP contribution in [0.3, 0.4) is 0 Å². The first-order valence-electron chi connectivity index (χ1n) is 8.98. The minimum Gasteiger partial charge on any atom is -0.454 e. The van der Waals surface area contributed by atoms with Gasteiger partial charge >= 0.3 is 0 Å². The Labute approximate surface area is 158 Å². The van der Waals surface area contributed by atoms with Gasteiger partial charge in [-0.25, -0.2) is 9.37 Å². The lowest BCUT2D eigenvalue weighted by atomic mass is 9.95. The Morgan fingerprint density at radius 1 is 0.964 bits per heavy atom. The van der Waals surface area contributed by atoms with E-state index in [1.54, 1.807) is 22.8 Å². The molecule has 0 unspecified atom stereocenters. The Morgan fingerprint density at radius 3 is 2.61 bits per heavy atom. The van der Waals surface area contributed by atoms with Crippen LogP contribution in [-0.4, -0.2) is 31.6 Å². The summed E-state index contributed by atoms with van der Waals surface area (Å²) in [7, 11) is 0. The van der Waals surface area contributed by atoms with Crippen LogP contribution in [0, 0.1) is 5.82 Å². The highest BCUT2D eigenvalue weighted by atomic mass is 19.1. The van der Waals surface area contributed by atoms with Crippen LogP contribution in [0.15, 0.2) is 48.7 Å². The molecular formula is C20H14FN5O2. The third kappa shape index (κ3) is 2.20. The van der Waals surface area contributed by atoms with E-state index in [1.165, 1.54) is 12.1 Å². The maximum Gasteiger partial charge on any atom is 0.271 e. The quantitative estimate of drug-likeness (QED) is 0.548. The Bertz CT molecular complexity index is 1220. The molecular weight excluding hydrogens is 361 g/mol. The summed E-state index contributed by atoms with van der Waals surface area (Å²) in [6, 6.07) is 12.1. The number of halogens is 1. The predicted octanol–water partition coefficient (Wildman–Crippen LogP) is 3.13. The highest BCUT2D eigenvalue weighted by Gasteiger charge is 2.50. The van der Waals surface area contributed by atoms with Crippen LogP contribution in [0.4, 0.5) is 4.39 Å². The van der Waals surface area contributed by atoms with Gasteiger partial charge in [-0.15, -0.1) is 10.2 Å².